The minimum atomic E-state index is -0.872. The van der Waals surface area contributed by atoms with Crippen LogP contribution in [0.5, 0.6) is 0 Å². The Hall–Kier alpha value is -1.42. The van der Waals surface area contributed by atoms with Gasteiger partial charge in [-0.2, -0.15) is 0 Å². The molecule has 0 aliphatic carbocycles. The van der Waals surface area contributed by atoms with Crippen molar-refractivity contribution in [2.75, 3.05) is 13.2 Å². The molecule has 0 fully saturated rings. The number of halogens is 1. The summed E-state index contributed by atoms with van der Waals surface area (Å²) in [7, 11) is 0. The van der Waals surface area contributed by atoms with E-state index in [1.807, 2.05) is 24.3 Å². The average molecular weight is 223 g/mol. The Labute approximate surface area is 93.5 Å². The highest BCUT2D eigenvalue weighted by molar-refractivity contribution is 5.74. The molecule has 1 atom stereocenters. The number of carboxylic acids is 1. The molecule has 1 aromatic carbocycles. The van der Waals surface area contributed by atoms with Crippen LogP contribution in [0.3, 0.4) is 0 Å². The van der Waals surface area contributed by atoms with Crippen molar-refractivity contribution < 1.29 is 14.3 Å². The smallest absolute Gasteiger partial charge is 0.321 e. The van der Waals surface area contributed by atoms with Gasteiger partial charge in [0.15, 0.2) is 0 Å². The SMILES string of the molecule is O=C(O)C1Cc2ccccc2CN1CCF. The summed E-state index contributed by atoms with van der Waals surface area (Å²) in [5.74, 6) is -0.872. The molecule has 0 radical (unpaired) electrons. The lowest BCUT2D eigenvalue weighted by molar-refractivity contribution is -0.144. The highest BCUT2D eigenvalue weighted by Gasteiger charge is 2.30. The first-order chi connectivity index (χ1) is 7.72. The molecule has 1 heterocycles. The van der Waals surface area contributed by atoms with Gasteiger partial charge in [0, 0.05) is 13.1 Å². The van der Waals surface area contributed by atoms with Crippen molar-refractivity contribution in [3.05, 3.63) is 35.4 Å². The Morgan fingerprint density at radius 2 is 2.12 bits per heavy atom. The predicted octanol–water partition coefficient (Wildman–Crippen LogP) is 1.47. The van der Waals surface area contributed by atoms with E-state index < -0.39 is 18.7 Å². The van der Waals surface area contributed by atoms with Crippen LogP contribution < -0.4 is 0 Å². The van der Waals surface area contributed by atoms with E-state index in [2.05, 4.69) is 0 Å². The van der Waals surface area contributed by atoms with Crippen molar-refractivity contribution in [2.45, 2.75) is 19.0 Å². The molecule has 1 unspecified atom stereocenters. The topological polar surface area (TPSA) is 40.5 Å². The van der Waals surface area contributed by atoms with Gasteiger partial charge in [0.05, 0.1) is 0 Å². The number of aliphatic carboxylic acids is 1. The van der Waals surface area contributed by atoms with Crippen LogP contribution in [0.25, 0.3) is 0 Å². The fourth-order valence-corrected chi connectivity index (χ4v) is 2.16. The van der Waals surface area contributed by atoms with E-state index in [4.69, 9.17) is 5.11 Å². The molecule has 3 nitrogen and oxygen atoms in total. The van der Waals surface area contributed by atoms with Crippen LogP contribution in [0.15, 0.2) is 24.3 Å². The largest absolute Gasteiger partial charge is 0.480 e. The van der Waals surface area contributed by atoms with E-state index in [0.29, 0.717) is 13.0 Å². The summed E-state index contributed by atoms with van der Waals surface area (Å²) in [6, 6.07) is 7.15. The molecule has 0 saturated heterocycles. The van der Waals surface area contributed by atoms with Gasteiger partial charge >= 0.3 is 5.97 Å². The summed E-state index contributed by atoms with van der Waals surface area (Å²) in [6.45, 7) is 0.203. The Morgan fingerprint density at radius 1 is 1.44 bits per heavy atom. The van der Waals surface area contributed by atoms with Crippen LogP contribution in [0.1, 0.15) is 11.1 Å². The second kappa shape index (κ2) is 4.61. The van der Waals surface area contributed by atoms with Gasteiger partial charge in [0.2, 0.25) is 0 Å². The van der Waals surface area contributed by atoms with Gasteiger partial charge in [-0.1, -0.05) is 24.3 Å². The van der Waals surface area contributed by atoms with Gasteiger partial charge in [-0.15, -0.1) is 0 Å². The Morgan fingerprint density at radius 3 is 2.75 bits per heavy atom. The van der Waals surface area contributed by atoms with E-state index in [-0.39, 0.29) is 6.54 Å². The molecule has 1 aromatic rings. The van der Waals surface area contributed by atoms with Crippen molar-refractivity contribution in [3.8, 4) is 0 Å². The first-order valence-electron chi connectivity index (χ1n) is 5.32. The molecule has 1 aliphatic heterocycles. The molecule has 1 N–H and O–H groups in total. The normalized spacial score (nSPS) is 20.4. The number of hydrogen-bond acceptors (Lipinski definition) is 2. The number of fused-ring (bicyclic) bond motifs is 1. The zero-order chi connectivity index (χ0) is 11.5. The van der Waals surface area contributed by atoms with Crippen LogP contribution >= 0.6 is 0 Å². The fourth-order valence-electron chi connectivity index (χ4n) is 2.16. The third-order valence-corrected chi connectivity index (χ3v) is 3.00. The van der Waals surface area contributed by atoms with Crippen LogP contribution in [0.2, 0.25) is 0 Å². The molecule has 0 spiro atoms. The van der Waals surface area contributed by atoms with Crippen LogP contribution in [-0.2, 0) is 17.8 Å². The molecular formula is C12H14FNO2. The predicted molar refractivity (Wildman–Crippen MR) is 58.0 cm³/mol. The average Bonchev–Trinajstić information content (AvgIpc) is 2.28. The molecule has 16 heavy (non-hydrogen) atoms. The minimum absolute atomic E-state index is 0.186. The van der Waals surface area contributed by atoms with Crippen molar-refractivity contribution in [1.82, 2.24) is 4.90 Å². The molecular weight excluding hydrogens is 209 g/mol. The standard InChI is InChI=1S/C12H14FNO2/c13-5-6-14-8-10-4-2-1-3-9(10)7-11(14)12(15)16/h1-4,11H,5-8H2,(H,15,16). The number of benzene rings is 1. The molecule has 2 rings (SSSR count). The highest BCUT2D eigenvalue weighted by atomic mass is 19.1. The molecule has 0 aromatic heterocycles. The quantitative estimate of drug-likeness (QED) is 0.843. The van der Waals surface area contributed by atoms with E-state index in [1.165, 1.54) is 0 Å². The monoisotopic (exact) mass is 223 g/mol. The number of alkyl halides is 1. The number of carboxylic acid groups (broad SMARTS) is 1. The molecule has 4 heteroatoms. The van der Waals surface area contributed by atoms with E-state index >= 15 is 0 Å². The van der Waals surface area contributed by atoms with Gasteiger partial charge in [0.25, 0.3) is 0 Å². The minimum Gasteiger partial charge on any atom is -0.480 e. The van der Waals surface area contributed by atoms with E-state index in [9.17, 15) is 9.18 Å². The first-order valence-corrected chi connectivity index (χ1v) is 5.32. The molecule has 1 aliphatic rings. The van der Waals surface area contributed by atoms with Gasteiger partial charge in [0.1, 0.15) is 12.7 Å². The van der Waals surface area contributed by atoms with Crippen molar-refractivity contribution >= 4 is 5.97 Å². The number of nitrogens with zero attached hydrogens (tertiary/aromatic N) is 1. The number of rotatable bonds is 3. The molecule has 0 amide bonds. The van der Waals surface area contributed by atoms with Crippen molar-refractivity contribution in [1.29, 1.82) is 0 Å². The lowest BCUT2D eigenvalue weighted by atomic mass is 9.94. The third kappa shape index (κ3) is 2.07. The summed E-state index contributed by atoms with van der Waals surface area (Å²) in [5, 5.41) is 9.10. The molecule has 0 saturated carbocycles. The summed E-state index contributed by atoms with van der Waals surface area (Å²) in [4.78, 5) is 12.8. The third-order valence-electron chi connectivity index (χ3n) is 3.00. The Balaban J connectivity index is 2.25. The first kappa shape index (κ1) is 11.1. The van der Waals surface area contributed by atoms with E-state index in [0.717, 1.165) is 11.1 Å². The summed E-state index contributed by atoms with van der Waals surface area (Å²) >= 11 is 0. The Kier molecular flexibility index (Phi) is 3.19. The summed E-state index contributed by atoms with van der Waals surface area (Å²) < 4.78 is 12.4. The second-order valence-electron chi connectivity index (χ2n) is 3.99. The van der Waals surface area contributed by atoms with Crippen molar-refractivity contribution in [2.24, 2.45) is 0 Å². The van der Waals surface area contributed by atoms with Crippen LogP contribution in [0.4, 0.5) is 4.39 Å². The summed E-state index contributed by atoms with van der Waals surface area (Å²) in [5.41, 5.74) is 2.17. The maximum absolute atomic E-state index is 12.4. The van der Waals surface area contributed by atoms with Crippen LogP contribution in [-0.4, -0.2) is 35.2 Å². The van der Waals surface area contributed by atoms with Crippen LogP contribution in [0, 0.1) is 0 Å². The van der Waals surface area contributed by atoms with Crippen molar-refractivity contribution in [3.63, 3.8) is 0 Å². The number of hydrogen-bond donors (Lipinski definition) is 1. The lowest BCUT2D eigenvalue weighted by Crippen LogP contribution is -2.46. The zero-order valence-electron chi connectivity index (χ0n) is 8.90. The molecule has 0 bridgehead atoms. The maximum Gasteiger partial charge on any atom is 0.321 e. The van der Waals surface area contributed by atoms with Gasteiger partial charge in [-0.3, -0.25) is 9.69 Å². The van der Waals surface area contributed by atoms with E-state index in [1.54, 1.807) is 4.90 Å². The fraction of sp³-hybridized carbons (Fsp3) is 0.417. The van der Waals surface area contributed by atoms with Gasteiger partial charge in [-0.25, -0.2) is 4.39 Å². The zero-order valence-corrected chi connectivity index (χ0v) is 8.90. The molecule has 86 valence electrons. The van der Waals surface area contributed by atoms with Gasteiger partial charge < -0.3 is 5.11 Å². The van der Waals surface area contributed by atoms with Gasteiger partial charge in [-0.05, 0) is 17.5 Å². The lowest BCUT2D eigenvalue weighted by Gasteiger charge is -2.33. The number of carbonyl (C=O) groups is 1. The highest BCUT2D eigenvalue weighted by Crippen LogP contribution is 2.23. The second-order valence-corrected chi connectivity index (χ2v) is 3.99. The maximum atomic E-state index is 12.4. The Bertz CT molecular complexity index is 394. The summed E-state index contributed by atoms with van der Waals surface area (Å²) in [6.07, 6.45) is 0.464.